The number of carbonyl (C=O) groups excluding carboxylic acids is 1. The van der Waals surface area contributed by atoms with Crippen molar-refractivity contribution >= 4 is 33.0 Å². The van der Waals surface area contributed by atoms with Gasteiger partial charge in [-0.3, -0.25) is 9.52 Å². The van der Waals surface area contributed by atoms with E-state index >= 15 is 4.39 Å². The van der Waals surface area contributed by atoms with Gasteiger partial charge in [0, 0.05) is 30.1 Å². The van der Waals surface area contributed by atoms with Crippen LogP contribution in [-0.2, 0) is 26.7 Å². The van der Waals surface area contributed by atoms with E-state index in [-0.39, 0.29) is 11.3 Å². The Balaban J connectivity index is 1.72. The van der Waals surface area contributed by atoms with Crippen LogP contribution in [0.4, 0.5) is 18.9 Å². The van der Waals surface area contributed by atoms with Gasteiger partial charge in [-0.2, -0.15) is 0 Å². The maximum absolute atomic E-state index is 15.9. The van der Waals surface area contributed by atoms with Gasteiger partial charge in [0.1, 0.15) is 29.0 Å². The molecule has 1 amide bonds. The Hall–Kier alpha value is -3.88. The first kappa shape index (κ1) is 31.1. The van der Waals surface area contributed by atoms with E-state index in [1.807, 2.05) is 25.5 Å². The minimum Gasteiger partial charge on any atom is -0.387 e. The summed E-state index contributed by atoms with van der Waals surface area (Å²) < 4.78 is 71.6. The number of aromatic nitrogens is 3. The van der Waals surface area contributed by atoms with Crippen LogP contribution in [0, 0.1) is 17.5 Å². The lowest BCUT2D eigenvalue weighted by molar-refractivity contribution is -0.123. The standard InChI is InChI=1S/C28H28F3N5O4S2/c1-28(2,3)27-35-25(26(41-27)20-11-13-32-22(34-20)8-5-12-33-23(38)15-37)17-6-4-7-19(24(17)31)36-42(39,40)21-14-16(29)9-10-18(21)30/h4,6-7,9-11,13-14,36-37H,5,8,12,15H2,1-3H3,(H,33,38). The smallest absolute Gasteiger partial charge is 0.265 e. The maximum Gasteiger partial charge on any atom is 0.265 e. The van der Waals surface area contributed by atoms with Crippen molar-refractivity contribution in [1.29, 1.82) is 0 Å². The molecule has 14 heteroatoms. The summed E-state index contributed by atoms with van der Waals surface area (Å²) in [7, 11) is -4.68. The fourth-order valence-electron chi connectivity index (χ4n) is 3.85. The number of nitrogens with zero attached hydrogens (tertiary/aromatic N) is 3. The number of hydrogen-bond donors (Lipinski definition) is 3. The summed E-state index contributed by atoms with van der Waals surface area (Å²) in [6, 6.07) is 7.64. The highest BCUT2D eigenvalue weighted by atomic mass is 32.2. The normalized spacial score (nSPS) is 11.9. The number of anilines is 1. The van der Waals surface area contributed by atoms with E-state index < -0.39 is 56.0 Å². The molecular formula is C28H28F3N5O4S2. The van der Waals surface area contributed by atoms with Gasteiger partial charge in [-0.25, -0.2) is 36.5 Å². The second kappa shape index (κ2) is 12.5. The van der Waals surface area contributed by atoms with Crippen LogP contribution in [0.3, 0.4) is 0 Å². The van der Waals surface area contributed by atoms with E-state index in [1.165, 1.54) is 29.5 Å². The van der Waals surface area contributed by atoms with E-state index in [0.29, 0.717) is 52.9 Å². The number of aliphatic hydroxyl groups is 1. The number of halogens is 3. The average molecular weight is 620 g/mol. The number of carbonyl (C=O) groups is 1. The number of benzene rings is 2. The number of aliphatic hydroxyl groups excluding tert-OH is 1. The summed E-state index contributed by atoms with van der Waals surface area (Å²) in [5.74, 6) is -3.12. The van der Waals surface area contributed by atoms with Crippen LogP contribution in [-0.4, -0.2) is 47.5 Å². The highest BCUT2D eigenvalue weighted by molar-refractivity contribution is 7.92. The predicted octanol–water partition coefficient (Wildman–Crippen LogP) is 4.82. The van der Waals surface area contributed by atoms with Crippen molar-refractivity contribution in [2.45, 2.75) is 43.9 Å². The van der Waals surface area contributed by atoms with Gasteiger partial charge in [-0.15, -0.1) is 11.3 Å². The minimum atomic E-state index is -4.68. The van der Waals surface area contributed by atoms with Crippen LogP contribution in [0.2, 0.25) is 0 Å². The monoisotopic (exact) mass is 619 g/mol. The van der Waals surface area contributed by atoms with Gasteiger partial charge in [0.25, 0.3) is 10.0 Å². The molecule has 0 aliphatic carbocycles. The third-order valence-corrected chi connectivity index (χ3v) is 8.81. The molecule has 0 saturated carbocycles. The molecule has 3 N–H and O–H groups in total. The van der Waals surface area contributed by atoms with Crippen molar-refractivity contribution in [3.63, 3.8) is 0 Å². The van der Waals surface area contributed by atoms with E-state index in [9.17, 15) is 22.0 Å². The number of amides is 1. The maximum atomic E-state index is 15.9. The quantitative estimate of drug-likeness (QED) is 0.217. The topological polar surface area (TPSA) is 134 Å². The Morgan fingerprint density at radius 2 is 1.83 bits per heavy atom. The van der Waals surface area contributed by atoms with Crippen LogP contribution in [0.25, 0.3) is 21.8 Å². The molecule has 4 aromatic rings. The van der Waals surface area contributed by atoms with Crippen molar-refractivity contribution in [3.8, 4) is 21.8 Å². The highest BCUT2D eigenvalue weighted by Gasteiger charge is 2.27. The molecule has 0 spiro atoms. The second-order valence-corrected chi connectivity index (χ2v) is 12.9. The predicted molar refractivity (Wildman–Crippen MR) is 153 cm³/mol. The Labute approximate surface area is 244 Å². The number of nitrogens with one attached hydrogen (secondary N) is 2. The van der Waals surface area contributed by atoms with Gasteiger partial charge < -0.3 is 10.4 Å². The molecule has 0 atom stereocenters. The molecule has 42 heavy (non-hydrogen) atoms. The number of sulfonamides is 1. The molecule has 0 aliphatic rings. The van der Waals surface area contributed by atoms with Gasteiger partial charge in [-0.05, 0) is 42.8 Å². The molecule has 0 bridgehead atoms. The zero-order valence-corrected chi connectivity index (χ0v) is 24.5. The summed E-state index contributed by atoms with van der Waals surface area (Å²) in [5.41, 5.74) is -0.220. The molecule has 0 radical (unpaired) electrons. The number of hydrogen-bond acceptors (Lipinski definition) is 8. The summed E-state index contributed by atoms with van der Waals surface area (Å²) in [5, 5.41) is 12.1. The Morgan fingerprint density at radius 3 is 2.55 bits per heavy atom. The molecule has 2 aromatic heterocycles. The number of rotatable bonds is 10. The van der Waals surface area contributed by atoms with Gasteiger partial charge in [0.2, 0.25) is 5.91 Å². The van der Waals surface area contributed by atoms with E-state index in [0.717, 1.165) is 6.07 Å². The first-order valence-electron chi connectivity index (χ1n) is 12.8. The summed E-state index contributed by atoms with van der Waals surface area (Å²) in [6.45, 7) is 5.55. The number of thiazole rings is 1. The van der Waals surface area contributed by atoms with Crippen molar-refractivity contribution in [2.24, 2.45) is 0 Å². The van der Waals surface area contributed by atoms with Crippen LogP contribution in [0.1, 0.15) is 38.0 Å². The lowest BCUT2D eigenvalue weighted by Crippen LogP contribution is -2.27. The molecule has 222 valence electrons. The lowest BCUT2D eigenvalue weighted by Gasteiger charge is -2.14. The van der Waals surface area contributed by atoms with Gasteiger partial charge in [0.15, 0.2) is 5.82 Å². The van der Waals surface area contributed by atoms with E-state index in [4.69, 9.17) is 10.1 Å². The molecular weight excluding hydrogens is 591 g/mol. The lowest BCUT2D eigenvalue weighted by atomic mass is 9.98. The average Bonchev–Trinajstić information content (AvgIpc) is 3.39. The Kier molecular flexibility index (Phi) is 9.28. The Bertz CT molecular complexity index is 1720. The summed E-state index contributed by atoms with van der Waals surface area (Å²) in [6.07, 6.45) is 2.49. The SMILES string of the molecule is CC(C)(C)c1nc(-c2cccc(NS(=O)(=O)c3cc(F)ccc3F)c2F)c(-c2ccnc(CCCNC(=O)CO)n2)s1. The van der Waals surface area contributed by atoms with Crippen molar-refractivity contribution in [1.82, 2.24) is 20.3 Å². The fourth-order valence-corrected chi connectivity index (χ4v) is 6.11. The van der Waals surface area contributed by atoms with Crippen LogP contribution in [0.15, 0.2) is 53.6 Å². The molecule has 0 unspecified atom stereocenters. The third-order valence-electron chi connectivity index (χ3n) is 5.93. The summed E-state index contributed by atoms with van der Waals surface area (Å²) in [4.78, 5) is 24.4. The van der Waals surface area contributed by atoms with Crippen molar-refractivity contribution in [3.05, 3.63) is 76.9 Å². The first-order valence-corrected chi connectivity index (χ1v) is 15.1. The van der Waals surface area contributed by atoms with E-state index in [1.54, 1.807) is 12.3 Å². The number of aryl methyl sites for hydroxylation is 1. The third kappa shape index (κ3) is 7.12. The molecule has 9 nitrogen and oxygen atoms in total. The molecule has 4 rings (SSSR count). The molecule has 0 saturated heterocycles. The molecule has 0 aliphatic heterocycles. The second-order valence-electron chi connectivity index (χ2n) is 10.3. The van der Waals surface area contributed by atoms with Crippen molar-refractivity contribution in [2.75, 3.05) is 17.9 Å². The zero-order valence-electron chi connectivity index (χ0n) is 22.9. The van der Waals surface area contributed by atoms with Gasteiger partial charge >= 0.3 is 0 Å². The Morgan fingerprint density at radius 1 is 1.07 bits per heavy atom. The largest absolute Gasteiger partial charge is 0.387 e. The van der Waals surface area contributed by atoms with Crippen LogP contribution in [0.5, 0.6) is 0 Å². The van der Waals surface area contributed by atoms with Gasteiger partial charge in [-0.1, -0.05) is 26.8 Å². The van der Waals surface area contributed by atoms with Gasteiger partial charge in [0.05, 0.1) is 27.0 Å². The zero-order chi connectivity index (χ0) is 30.7. The minimum absolute atomic E-state index is 0.0245. The molecule has 2 aromatic carbocycles. The van der Waals surface area contributed by atoms with E-state index in [2.05, 4.69) is 15.3 Å². The first-order chi connectivity index (χ1) is 19.8. The van der Waals surface area contributed by atoms with Crippen LogP contribution >= 0.6 is 11.3 Å². The summed E-state index contributed by atoms with van der Waals surface area (Å²) >= 11 is 1.30. The highest BCUT2D eigenvalue weighted by Crippen LogP contribution is 2.42. The fraction of sp³-hybridized carbons (Fsp3) is 0.286. The van der Waals surface area contributed by atoms with Crippen molar-refractivity contribution < 1.29 is 31.5 Å². The van der Waals surface area contributed by atoms with Crippen LogP contribution < -0.4 is 10.0 Å². The molecule has 0 fully saturated rings. The molecule has 2 heterocycles.